The molecule has 0 aliphatic carbocycles. The zero-order valence-corrected chi connectivity index (χ0v) is 9.62. The van der Waals surface area contributed by atoms with Crippen molar-refractivity contribution in [3.05, 3.63) is 17.5 Å². The number of aromatic nitrogens is 2. The monoisotopic (exact) mass is 249 g/mol. The molecule has 0 saturated heterocycles. The Hall–Kier alpha value is -1.37. The minimum absolute atomic E-state index is 0.0273. The summed E-state index contributed by atoms with van der Waals surface area (Å²) in [7, 11) is 0. The lowest BCUT2D eigenvalue weighted by molar-refractivity contribution is -0.142. The van der Waals surface area contributed by atoms with E-state index < -0.39 is 18.5 Å². The van der Waals surface area contributed by atoms with Gasteiger partial charge in [0.25, 0.3) is 0 Å². The van der Waals surface area contributed by atoms with E-state index in [2.05, 4.69) is 9.97 Å². The van der Waals surface area contributed by atoms with Crippen molar-refractivity contribution in [2.45, 2.75) is 26.6 Å². The first-order chi connectivity index (χ1) is 7.93. The molecule has 0 amide bonds. The van der Waals surface area contributed by atoms with Gasteiger partial charge in [-0.1, -0.05) is 0 Å². The van der Waals surface area contributed by atoms with Crippen molar-refractivity contribution in [3.63, 3.8) is 0 Å². The third kappa shape index (κ3) is 3.06. The molecule has 0 spiro atoms. The molecule has 1 heterocycles. The first-order valence-corrected chi connectivity index (χ1v) is 5.22. The van der Waals surface area contributed by atoms with Crippen LogP contribution in [0.2, 0.25) is 0 Å². The van der Waals surface area contributed by atoms with Crippen LogP contribution in [0.4, 0.5) is 19.1 Å². The molecule has 1 aromatic rings. The number of aliphatic hydroxyl groups is 1. The fourth-order valence-electron chi connectivity index (χ4n) is 1.42. The van der Waals surface area contributed by atoms with E-state index in [4.69, 9.17) is 5.11 Å². The zero-order valence-electron chi connectivity index (χ0n) is 9.62. The molecule has 1 rings (SSSR count). The molecular formula is C10H14F3N3O. The summed E-state index contributed by atoms with van der Waals surface area (Å²) < 4.78 is 38.0. The van der Waals surface area contributed by atoms with Crippen molar-refractivity contribution in [2.75, 3.05) is 18.0 Å². The summed E-state index contributed by atoms with van der Waals surface area (Å²) >= 11 is 0. The van der Waals surface area contributed by atoms with Gasteiger partial charge in [-0.05, 0) is 13.8 Å². The standard InChI is InChI=1S/C10H14F3N3O/c1-3-16(4-2)9-14-5-7(6-17)8(15-9)10(11,12)13/h5,17H,3-4,6H2,1-2H3. The molecule has 0 aliphatic rings. The van der Waals surface area contributed by atoms with Crippen LogP contribution in [0.5, 0.6) is 0 Å². The fraction of sp³-hybridized carbons (Fsp3) is 0.600. The van der Waals surface area contributed by atoms with Gasteiger partial charge in [0.05, 0.1) is 6.61 Å². The van der Waals surface area contributed by atoms with Crippen molar-refractivity contribution in [2.24, 2.45) is 0 Å². The number of aliphatic hydroxyl groups excluding tert-OH is 1. The summed E-state index contributed by atoms with van der Waals surface area (Å²) in [4.78, 5) is 8.91. The lowest BCUT2D eigenvalue weighted by Gasteiger charge is -2.20. The summed E-state index contributed by atoms with van der Waals surface area (Å²) in [5.74, 6) is 0.0273. The Morgan fingerprint density at radius 1 is 1.29 bits per heavy atom. The van der Waals surface area contributed by atoms with Crippen molar-refractivity contribution < 1.29 is 18.3 Å². The number of rotatable bonds is 4. The van der Waals surface area contributed by atoms with Gasteiger partial charge in [0.1, 0.15) is 0 Å². The van der Waals surface area contributed by atoms with Gasteiger partial charge in [0.15, 0.2) is 5.69 Å². The van der Waals surface area contributed by atoms with Crippen molar-refractivity contribution >= 4 is 5.95 Å². The number of hydrogen-bond acceptors (Lipinski definition) is 4. The Morgan fingerprint density at radius 3 is 2.29 bits per heavy atom. The smallest absolute Gasteiger partial charge is 0.392 e. The highest BCUT2D eigenvalue weighted by molar-refractivity contribution is 5.33. The summed E-state index contributed by atoms with van der Waals surface area (Å²) in [6.45, 7) is 3.92. The molecule has 7 heteroatoms. The second kappa shape index (κ2) is 5.31. The van der Waals surface area contributed by atoms with Crippen molar-refractivity contribution in [3.8, 4) is 0 Å². The van der Waals surface area contributed by atoms with Gasteiger partial charge in [-0.15, -0.1) is 0 Å². The number of halogens is 3. The van der Waals surface area contributed by atoms with E-state index in [9.17, 15) is 13.2 Å². The summed E-state index contributed by atoms with van der Waals surface area (Å²) in [5, 5.41) is 8.83. The maximum absolute atomic E-state index is 12.7. The van der Waals surface area contributed by atoms with Crippen LogP contribution in [-0.4, -0.2) is 28.2 Å². The third-order valence-electron chi connectivity index (χ3n) is 2.34. The van der Waals surface area contributed by atoms with E-state index in [1.807, 2.05) is 0 Å². The van der Waals surface area contributed by atoms with Crippen LogP contribution in [0.25, 0.3) is 0 Å². The lowest BCUT2D eigenvalue weighted by Crippen LogP contribution is -2.26. The SMILES string of the molecule is CCN(CC)c1ncc(CO)c(C(F)(F)F)n1. The molecule has 1 N–H and O–H groups in total. The largest absolute Gasteiger partial charge is 0.433 e. The van der Waals surface area contributed by atoms with Crippen molar-refractivity contribution in [1.29, 1.82) is 0 Å². The Labute approximate surface area is 97.1 Å². The van der Waals surface area contributed by atoms with Crippen LogP contribution in [0.15, 0.2) is 6.20 Å². The van der Waals surface area contributed by atoms with Crippen LogP contribution < -0.4 is 4.90 Å². The quantitative estimate of drug-likeness (QED) is 0.884. The van der Waals surface area contributed by atoms with Crippen LogP contribution in [0.3, 0.4) is 0 Å². The Kier molecular flexibility index (Phi) is 4.28. The Bertz CT molecular complexity index is 378. The lowest BCUT2D eigenvalue weighted by atomic mass is 10.2. The van der Waals surface area contributed by atoms with Gasteiger partial charge in [0, 0.05) is 24.8 Å². The van der Waals surface area contributed by atoms with E-state index in [-0.39, 0.29) is 11.5 Å². The minimum atomic E-state index is -4.58. The fourth-order valence-corrected chi connectivity index (χ4v) is 1.42. The highest BCUT2D eigenvalue weighted by atomic mass is 19.4. The molecule has 0 saturated carbocycles. The predicted molar refractivity (Wildman–Crippen MR) is 56.5 cm³/mol. The van der Waals surface area contributed by atoms with Crippen LogP contribution in [-0.2, 0) is 12.8 Å². The molecular weight excluding hydrogens is 235 g/mol. The first-order valence-electron chi connectivity index (χ1n) is 5.22. The summed E-state index contributed by atoms with van der Waals surface area (Å²) in [6.07, 6.45) is -3.56. The number of anilines is 1. The van der Waals surface area contributed by atoms with Gasteiger partial charge < -0.3 is 10.0 Å². The summed E-state index contributed by atoms with van der Waals surface area (Å²) in [6, 6.07) is 0. The van der Waals surface area contributed by atoms with Gasteiger partial charge in [-0.25, -0.2) is 9.97 Å². The zero-order chi connectivity index (χ0) is 13.1. The van der Waals surface area contributed by atoms with Gasteiger partial charge in [-0.2, -0.15) is 13.2 Å². The van der Waals surface area contributed by atoms with E-state index in [1.165, 1.54) is 0 Å². The highest BCUT2D eigenvalue weighted by Gasteiger charge is 2.36. The van der Waals surface area contributed by atoms with Crippen LogP contribution in [0.1, 0.15) is 25.1 Å². The molecule has 4 nitrogen and oxygen atoms in total. The minimum Gasteiger partial charge on any atom is -0.392 e. The maximum Gasteiger partial charge on any atom is 0.433 e. The second-order valence-electron chi connectivity index (χ2n) is 3.37. The molecule has 0 fully saturated rings. The average molecular weight is 249 g/mol. The molecule has 0 aliphatic heterocycles. The molecule has 0 unspecified atom stereocenters. The van der Waals surface area contributed by atoms with E-state index in [0.717, 1.165) is 6.20 Å². The topological polar surface area (TPSA) is 49.2 Å². The average Bonchev–Trinajstić information content (AvgIpc) is 2.29. The first kappa shape index (κ1) is 13.7. The molecule has 0 atom stereocenters. The Balaban J connectivity index is 3.22. The van der Waals surface area contributed by atoms with Gasteiger partial charge in [0.2, 0.25) is 5.95 Å². The summed E-state index contributed by atoms with van der Waals surface area (Å²) in [5.41, 5.74) is -1.38. The molecule has 0 aromatic carbocycles. The number of alkyl halides is 3. The Morgan fingerprint density at radius 2 is 1.88 bits per heavy atom. The molecule has 0 radical (unpaired) electrons. The molecule has 1 aromatic heterocycles. The molecule has 17 heavy (non-hydrogen) atoms. The molecule has 0 bridgehead atoms. The normalized spacial score (nSPS) is 11.6. The van der Waals surface area contributed by atoms with Crippen molar-refractivity contribution in [1.82, 2.24) is 9.97 Å². The second-order valence-corrected chi connectivity index (χ2v) is 3.37. The van der Waals surface area contributed by atoms with Crippen LogP contribution >= 0.6 is 0 Å². The van der Waals surface area contributed by atoms with Crippen LogP contribution in [0, 0.1) is 0 Å². The maximum atomic E-state index is 12.7. The number of hydrogen-bond donors (Lipinski definition) is 1. The van der Waals surface area contributed by atoms with Gasteiger partial charge in [-0.3, -0.25) is 0 Å². The third-order valence-corrected chi connectivity index (χ3v) is 2.34. The molecule has 96 valence electrons. The van der Waals surface area contributed by atoms with Gasteiger partial charge >= 0.3 is 6.18 Å². The highest BCUT2D eigenvalue weighted by Crippen LogP contribution is 2.31. The predicted octanol–water partition coefficient (Wildman–Crippen LogP) is 1.83. The van der Waals surface area contributed by atoms with E-state index in [1.54, 1.807) is 18.7 Å². The van der Waals surface area contributed by atoms with E-state index in [0.29, 0.717) is 13.1 Å². The van der Waals surface area contributed by atoms with E-state index >= 15 is 0 Å². The number of nitrogens with zero attached hydrogens (tertiary/aromatic N) is 3.